The van der Waals surface area contributed by atoms with Crippen LogP contribution in [-0.4, -0.2) is 12.1 Å². The summed E-state index contributed by atoms with van der Waals surface area (Å²) in [5.74, 6) is 1.58. The number of hydrogen-bond donors (Lipinski definition) is 1. The van der Waals surface area contributed by atoms with Crippen molar-refractivity contribution in [3.05, 3.63) is 29.8 Å². The van der Waals surface area contributed by atoms with Crippen LogP contribution in [0.3, 0.4) is 0 Å². The van der Waals surface area contributed by atoms with Crippen molar-refractivity contribution in [3.63, 3.8) is 0 Å². The topological polar surface area (TPSA) is 35.2 Å². The van der Waals surface area contributed by atoms with Crippen LogP contribution in [0.25, 0.3) is 0 Å². The van der Waals surface area contributed by atoms with Crippen molar-refractivity contribution in [3.8, 4) is 5.75 Å². The van der Waals surface area contributed by atoms with Gasteiger partial charge in [0.1, 0.15) is 5.75 Å². The zero-order valence-corrected chi connectivity index (χ0v) is 12.6. The summed E-state index contributed by atoms with van der Waals surface area (Å²) in [7, 11) is 0. The van der Waals surface area contributed by atoms with Crippen LogP contribution in [0.1, 0.15) is 58.4 Å². The van der Waals surface area contributed by atoms with Crippen molar-refractivity contribution in [1.29, 1.82) is 0 Å². The first-order chi connectivity index (χ1) is 9.03. The highest BCUT2D eigenvalue weighted by atomic mass is 16.5. The van der Waals surface area contributed by atoms with Crippen LogP contribution in [0.15, 0.2) is 24.3 Å². The van der Waals surface area contributed by atoms with E-state index in [2.05, 4.69) is 52.0 Å². The van der Waals surface area contributed by atoms with Crippen LogP contribution < -0.4 is 10.5 Å². The molecule has 106 valence electrons. The first-order valence-electron chi connectivity index (χ1n) is 7.55. The van der Waals surface area contributed by atoms with Crippen LogP contribution in [0.5, 0.6) is 5.75 Å². The van der Waals surface area contributed by atoms with Gasteiger partial charge in [0.15, 0.2) is 0 Å². The number of ether oxygens (including phenoxy) is 1. The summed E-state index contributed by atoms with van der Waals surface area (Å²) in [6.45, 7) is 8.65. The fourth-order valence-electron chi connectivity index (χ4n) is 3.61. The Morgan fingerprint density at radius 3 is 2.21 bits per heavy atom. The molecule has 2 N–H and O–H groups in total. The van der Waals surface area contributed by atoms with Gasteiger partial charge in [-0.05, 0) is 62.1 Å². The molecule has 2 rings (SSSR count). The van der Waals surface area contributed by atoms with Crippen molar-refractivity contribution in [1.82, 2.24) is 0 Å². The van der Waals surface area contributed by atoms with Gasteiger partial charge in [-0.2, -0.15) is 0 Å². The Hall–Kier alpha value is -1.02. The lowest BCUT2D eigenvalue weighted by Gasteiger charge is -2.55. The monoisotopic (exact) mass is 261 g/mol. The molecule has 0 aliphatic heterocycles. The molecule has 1 saturated carbocycles. The first kappa shape index (κ1) is 14.4. The van der Waals surface area contributed by atoms with Crippen molar-refractivity contribution in [2.24, 2.45) is 11.1 Å². The zero-order valence-electron chi connectivity index (χ0n) is 12.6. The van der Waals surface area contributed by atoms with Gasteiger partial charge < -0.3 is 10.5 Å². The van der Waals surface area contributed by atoms with E-state index in [9.17, 15) is 0 Å². The largest absolute Gasteiger partial charge is 0.491 e. The van der Waals surface area contributed by atoms with Gasteiger partial charge in [0, 0.05) is 6.04 Å². The third-order valence-corrected chi connectivity index (χ3v) is 4.89. The molecular weight excluding hydrogens is 234 g/mol. The van der Waals surface area contributed by atoms with Crippen LogP contribution in [0, 0.1) is 5.41 Å². The minimum atomic E-state index is 0.230. The predicted octanol–water partition coefficient (Wildman–Crippen LogP) is 4.09. The average molecular weight is 261 g/mol. The lowest BCUT2D eigenvalue weighted by Crippen LogP contribution is -2.55. The Balaban J connectivity index is 2.15. The average Bonchev–Trinajstić information content (AvgIpc) is 2.38. The van der Waals surface area contributed by atoms with Crippen LogP contribution >= 0.6 is 0 Å². The Kier molecular flexibility index (Phi) is 4.19. The van der Waals surface area contributed by atoms with Gasteiger partial charge in [-0.1, -0.05) is 26.0 Å². The van der Waals surface area contributed by atoms with E-state index in [1.165, 1.54) is 18.4 Å². The zero-order chi connectivity index (χ0) is 14.0. The molecule has 1 aliphatic rings. The van der Waals surface area contributed by atoms with Gasteiger partial charge in [0.25, 0.3) is 0 Å². The van der Waals surface area contributed by atoms with Gasteiger partial charge in [-0.15, -0.1) is 0 Å². The first-order valence-corrected chi connectivity index (χ1v) is 7.55. The van der Waals surface area contributed by atoms with E-state index in [1.807, 2.05) is 0 Å². The molecule has 0 heterocycles. The third kappa shape index (κ3) is 2.51. The Morgan fingerprint density at radius 1 is 1.21 bits per heavy atom. The molecule has 0 bridgehead atoms. The van der Waals surface area contributed by atoms with Crippen LogP contribution in [0.2, 0.25) is 0 Å². The number of nitrogens with two attached hydrogens (primary N) is 1. The minimum Gasteiger partial charge on any atom is -0.491 e. The highest BCUT2D eigenvalue weighted by Crippen LogP contribution is 2.56. The second-order valence-corrected chi connectivity index (χ2v) is 6.07. The number of hydrogen-bond acceptors (Lipinski definition) is 2. The second kappa shape index (κ2) is 5.54. The predicted molar refractivity (Wildman–Crippen MR) is 80.6 cm³/mol. The summed E-state index contributed by atoms with van der Waals surface area (Å²) in [5, 5.41) is 0. The standard InChI is InChI=1S/C17H27NO/c1-5-17(6-2)15(11-16(17)18)13-7-9-14(10-8-13)19-12(3)4/h7-10,12,15-16H,5-6,11,18H2,1-4H3. The molecule has 2 nitrogen and oxygen atoms in total. The van der Waals surface area contributed by atoms with Gasteiger partial charge in [-0.25, -0.2) is 0 Å². The Bertz CT molecular complexity index is 406. The maximum Gasteiger partial charge on any atom is 0.119 e. The van der Waals surface area contributed by atoms with Crippen molar-refractivity contribution in [2.45, 2.75) is 65.0 Å². The normalized spacial score (nSPS) is 25.2. The van der Waals surface area contributed by atoms with E-state index in [0.29, 0.717) is 17.4 Å². The molecule has 0 spiro atoms. The van der Waals surface area contributed by atoms with E-state index in [4.69, 9.17) is 10.5 Å². The molecule has 1 aromatic rings. The SMILES string of the molecule is CCC1(CC)C(N)CC1c1ccc(OC(C)C)cc1. The molecule has 2 heteroatoms. The summed E-state index contributed by atoms with van der Waals surface area (Å²) in [6.07, 6.45) is 3.68. The molecule has 1 fully saturated rings. The van der Waals surface area contributed by atoms with Crippen molar-refractivity contribution in [2.75, 3.05) is 0 Å². The van der Waals surface area contributed by atoms with Crippen LogP contribution in [0.4, 0.5) is 0 Å². The fraction of sp³-hybridized carbons (Fsp3) is 0.647. The Morgan fingerprint density at radius 2 is 1.79 bits per heavy atom. The molecule has 1 aromatic carbocycles. The second-order valence-electron chi connectivity index (χ2n) is 6.07. The van der Waals surface area contributed by atoms with Crippen LogP contribution in [-0.2, 0) is 0 Å². The maximum atomic E-state index is 6.28. The summed E-state index contributed by atoms with van der Waals surface area (Å²) < 4.78 is 5.70. The van der Waals surface area contributed by atoms with E-state index < -0.39 is 0 Å². The third-order valence-electron chi connectivity index (χ3n) is 4.89. The minimum absolute atomic E-state index is 0.230. The van der Waals surface area contributed by atoms with Gasteiger partial charge >= 0.3 is 0 Å². The summed E-state index contributed by atoms with van der Waals surface area (Å²) in [5.41, 5.74) is 8.00. The summed E-state index contributed by atoms with van der Waals surface area (Å²) in [6, 6.07) is 8.98. The van der Waals surface area contributed by atoms with Gasteiger partial charge in [0.2, 0.25) is 0 Å². The highest BCUT2D eigenvalue weighted by molar-refractivity contribution is 5.33. The molecule has 2 atom stereocenters. The van der Waals surface area contributed by atoms with E-state index in [0.717, 1.165) is 12.2 Å². The van der Waals surface area contributed by atoms with E-state index >= 15 is 0 Å². The Labute approximate surface area is 117 Å². The van der Waals surface area contributed by atoms with Crippen molar-refractivity contribution >= 4 is 0 Å². The lowest BCUT2D eigenvalue weighted by molar-refractivity contribution is 0.0437. The van der Waals surface area contributed by atoms with E-state index in [-0.39, 0.29) is 6.10 Å². The molecule has 1 aliphatic carbocycles. The smallest absolute Gasteiger partial charge is 0.119 e. The lowest BCUT2D eigenvalue weighted by atomic mass is 9.52. The van der Waals surface area contributed by atoms with E-state index in [1.54, 1.807) is 0 Å². The number of benzene rings is 1. The molecule has 2 unspecified atom stereocenters. The van der Waals surface area contributed by atoms with Gasteiger partial charge in [-0.3, -0.25) is 0 Å². The molecular formula is C17H27NO. The molecule has 0 radical (unpaired) electrons. The molecule has 0 aromatic heterocycles. The summed E-state index contributed by atoms with van der Waals surface area (Å²) >= 11 is 0. The molecule has 0 saturated heterocycles. The molecule has 0 amide bonds. The van der Waals surface area contributed by atoms with Gasteiger partial charge in [0.05, 0.1) is 6.10 Å². The quantitative estimate of drug-likeness (QED) is 0.866. The maximum absolute atomic E-state index is 6.28. The summed E-state index contributed by atoms with van der Waals surface area (Å²) in [4.78, 5) is 0. The van der Waals surface area contributed by atoms with Crippen molar-refractivity contribution < 1.29 is 4.74 Å². The highest BCUT2D eigenvalue weighted by Gasteiger charge is 2.50. The molecule has 19 heavy (non-hydrogen) atoms. The fourth-order valence-corrected chi connectivity index (χ4v) is 3.61. The number of rotatable bonds is 5.